The van der Waals surface area contributed by atoms with Gasteiger partial charge in [0.25, 0.3) is 0 Å². The maximum atomic E-state index is 3.38. The van der Waals surface area contributed by atoms with E-state index in [-0.39, 0.29) is 0 Å². The van der Waals surface area contributed by atoms with Crippen molar-refractivity contribution in [1.29, 1.82) is 0 Å². The van der Waals surface area contributed by atoms with E-state index in [0.717, 1.165) is 13.1 Å². The van der Waals surface area contributed by atoms with E-state index < -0.39 is 0 Å². The summed E-state index contributed by atoms with van der Waals surface area (Å²) in [6, 6.07) is 6.66. The van der Waals surface area contributed by atoms with Crippen LogP contribution in [0.3, 0.4) is 0 Å². The molecule has 0 fully saturated rings. The molecule has 1 rings (SSSR count). The molecule has 0 heterocycles. The summed E-state index contributed by atoms with van der Waals surface area (Å²) in [7, 11) is 0. The lowest BCUT2D eigenvalue weighted by molar-refractivity contribution is 0.713. The van der Waals surface area contributed by atoms with Gasteiger partial charge < -0.3 is 5.32 Å². The van der Waals surface area contributed by atoms with Gasteiger partial charge >= 0.3 is 0 Å². The Labute approximate surface area is 97.7 Å². The second-order valence-corrected chi connectivity index (χ2v) is 5.49. The molecule has 1 atom stereocenters. The van der Waals surface area contributed by atoms with Crippen molar-refractivity contribution in [3.05, 3.63) is 29.3 Å². The first kappa shape index (κ1) is 12.6. The normalized spacial score (nSPS) is 12.8. The predicted molar refractivity (Wildman–Crippen MR) is 69.8 cm³/mol. The zero-order valence-corrected chi connectivity index (χ0v) is 10.9. The zero-order valence-electron chi connectivity index (χ0n) is 10.1. The third-order valence-corrected chi connectivity index (χ3v) is 3.62. The summed E-state index contributed by atoms with van der Waals surface area (Å²) >= 11 is 1.96. The second kappa shape index (κ2) is 6.19. The summed E-state index contributed by atoms with van der Waals surface area (Å²) in [5, 5.41) is 4.01. The van der Waals surface area contributed by atoms with Crippen LogP contribution in [0.4, 0.5) is 0 Å². The fraction of sp³-hybridized carbons (Fsp3) is 0.538. The molecule has 0 spiro atoms. The molecule has 0 radical (unpaired) electrons. The minimum atomic E-state index is 0.630. The molecular formula is C13H21NS. The van der Waals surface area contributed by atoms with Crippen molar-refractivity contribution in [2.75, 3.05) is 13.1 Å². The molecule has 1 unspecified atom stereocenters. The van der Waals surface area contributed by atoms with Crippen LogP contribution in [0.2, 0.25) is 0 Å². The van der Waals surface area contributed by atoms with Gasteiger partial charge in [-0.25, -0.2) is 0 Å². The van der Waals surface area contributed by atoms with Crippen LogP contribution >= 0.6 is 11.8 Å². The van der Waals surface area contributed by atoms with Gasteiger partial charge in [0, 0.05) is 16.7 Å². The van der Waals surface area contributed by atoms with Crippen LogP contribution in [0, 0.1) is 13.8 Å². The number of nitrogens with one attached hydrogen (secondary N) is 1. The molecule has 0 aliphatic heterocycles. The lowest BCUT2D eigenvalue weighted by Gasteiger charge is -2.13. The van der Waals surface area contributed by atoms with Crippen LogP contribution in [0.25, 0.3) is 0 Å². The minimum Gasteiger partial charge on any atom is -0.316 e. The molecule has 2 heteroatoms. The molecule has 0 aromatic heterocycles. The SMILES string of the molecule is CCNCC(C)Sc1cc(C)ccc1C. The number of rotatable bonds is 5. The lowest BCUT2D eigenvalue weighted by atomic mass is 10.2. The molecule has 0 bridgehead atoms. The zero-order chi connectivity index (χ0) is 11.3. The number of benzene rings is 1. The van der Waals surface area contributed by atoms with Crippen LogP contribution in [0.1, 0.15) is 25.0 Å². The highest BCUT2D eigenvalue weighted by Gasteiger charge is 2.06. The predicted octanol–water partition coefficient (Wildman–Crippen LogP) is 3.39. The van der Waals surface area contributed by atoms with Crippen molar-refractivity contribution >= 4 is 11.8 Å². The molecule has 0 saturated carbocycles. The Morgan fingerprint density at radius 1 is 1.33 bits per heavy atom. The van der Waals surface area contributed by atoms with Crippen LogP contribution in [0.15, 0.2) is 23.1 Å². The molecule has 1 nitrogen and oxygen atoms in total. The Morgan fingerprint density at radius 3 is 2.73 bits per heavy atom. The monoisotopic (exact) mass is 223 g/mol. The Hall–Kier alpha value is -0.470. The number of aryl methyl sites for hydroxylation is 2. The quantitative estimate of drug-likeness (QED) is 0.768. The Balaban J connectivity index is 2.59. The third-order valence-electron chi connectivity index (χ3n) is 2.35. The molecule has 0 aliphatic rings. The van der Waals surface area contributed by atoms with E-state index in [2.05, 4.69) is 51.2 Å². The molecule has 1 aromatic rings. The Kier molecular flexibility index (Phi) is 5.20. The summed E-state index contributed by atoms with van der Waals surface area (Å²) in [4.78, 5) is 1.42. The largest absolute Gasteiger partial charge is 0.316 e. The van der Waals surface area contributed by atoms with Gasteiger partial charge in [0.2, 0.25) is 0 Å². The number of hydrogen-bond donors (Lipinski definition) is 1. The van der Waals surface area contributed by atoms with E-state index in [4.69, 9.17) is 0 Å². The molecule has 0 saturated heterocycles. The van der Waals surface area contributed by atoms with Gasteiger partial charge in [-0.05, 0) is 32.0 Å². The lowest BCUT2D eigenvalue weighted by Crippen LogP contribution is -2.22. The van der Waals surface area contributed by atoms with Gasteiger partial charge in [-0.15, -0.1) is 11.8 Å². The van der Waals surface area contributed by atoms with E-state index in [1.807, 2.05) is 11.8 Å². The average Bonchev–Trinajstić information content (AvgIpc) is 2.20. The third kappa shape index (κ3) is 4.27. The molecule has 0 amide bonds. The fourth-order valence-corrected chi connectivity index (χ4v) is 2.58. The van der Waals surface area contributed by atoms with Gasteiger partial charge in [0.15, 0.2) is 0 Å². The highest BCUT2D eigenvalue weighted by Crippen LogP contribution is 2.27. The summed E-state index contributed by atoms with van der Waals surface area (Å²) < 4.78 is 0. The van der Waals surface area contributed by atoms with Crippen molar-refractivity contribution in [1.82, 2.24) is 5.32 Å². The van der Waals surface area contributed by atoms with E-state index >= 15 is 0 Å². The summed E-state index contributed by atoms with van der Waals surface area (Å²) in [5.74, 6) is 0. The summed E-state index contributed by atoms with van der Waals surface area (Å²) in [5.41, 5.74) is 2.73. The van der Waals surface area contributed by atoms with Crippen molar-refractivity contribution in [2.45, 2.75) is 37.8 Å². The fourth-order valence-electron chi connectivity index (χ4n) is 1.44. The smallest absolute Gasteiger partial charge is 0.0191 e. The Morgan fingerprint density at radius 2 is 2.07 bits per heavy atom. The first-order valence-electron chi connectivity index (χ1n) is 5.58. The van der Waals surface area contributed by atoms with Crippen LogP contribution in [-0.4, -0.2) is 18.3 Å². The topological polar surface area (TPSA) is 12.0 Å². The number of hydrogen-bond acceptors (Lipinski definition) is 2. The van der Waals surface area contributed by atoms with Crippen molar-refractivity contribution < 1.29 is 0 Å². The minimum absolute atomic E-state index is 0.630. The van der Waals surface area contributed by atoms with E-state index in [9.17, 15) is 0 Å². The van der Waals surface area contributed by atoms with Crippen LogP contribution in [-0.2, 0) is 0 Å². The summed E-state index contributed by atoms with van der Waals surface area (Å²) in [6.07, 6.45) is 0. The molecule has 84 valence electrons. The van der Waals surface area contributed by atoms with E-state index in [0.29, 0.717) is 5.25 Å². The number of thioether (sulfide) groups is 1. The van der Waals surface area contributed by atoms with Gasteiger partial charge in [-0.1, -0.05) is 31.5 Å². The van der Waals surface area contributed by atoms with Gasteiger partial charge in [-0.3, -0.25) is 0 Å². The highest BCUT2D eigenvalue weighted by atomic mass is 32.2. The van der Waals surface area contributed by atoms with Crippen molar-refractivity contribution in [2.24, 2.45) is 0 Å². The Bertz CT molecular complexity index is 309. The van der Waals surface area contributed by atoms with Crippen LogP contribution in [0.5, 0.6) is 0 Å². The molecule has 15 heavy (non-hydrogen) atoms. The maximum Gasteiger partial charge on any atom is 0.0191 e. The van der Waals surface area contributed by atoms with Gasteiger partial charge in [0.05, 0.1) is 0 Å². The first-order chi connectivity index (χ1) is 7.13. The molecular weight excluding hydrogens is 202 g/mol. The molecule has 1 N–H and O–H groups in total. The molecule has 0 aliphatic carbocycles. The average molecular weight is 223 g/mol. The molecule has 1 aromatic carbocycles. The highest BCUT2D eigenvalue weighted by molar-refractivity contribution is 8.00. The van der Waals surface area contributed by atoms with E-state index in [1.54, 1.807) is 0 Å². The van der Waals surface area contributed by atoms with Crippen molar-refractivity contribution in [3.8, 4) is 0 Å². The first-order valence-corrected chi connectivity index (χ1v) is 6.46. The standard InChI is InChI=1S/C13H21NS/c1-5-14-9-12(4)15-13-8-10(2)6-7-11(13)3/h6-8,12,14H,5,9H2,1-4H3. The second-order valence-electron chi connectivity index (χ2n) is 4.01. The van der Waals surface area contributed by atoms with Gasteiger partial charge in [0.1, 0.15) is 0 Å². The summed E-state index contributed by atoms with van der Waals surface area (Å²) in [6.45, 7) is 10.9. The van der Waals surface area contributed by atoms with Gasteiger partial charge in [-0.2, -0.15) is 0 Å². The maximum absolute atomic E-state index is 3.38. The van der Waals surface area contributed by atoms with Crippen LogP contribution < -0.4 is 5.32 Å². The van der Waals surface area contributed by atoms with E-state index in [1.165, 1.54) is 16.0 Å². The van der Waals surface area contributed by atoms with Crippen molar-refractivity contribution in [3.63, 3.8) is 0 Å².